The van der Waals surface area contributed by atoms with Crippen LogP contribution < -0.4 is 0 Å². The fourth-order valence-corrected chi connectivity index (χ4v) is 6.25. The van der Waals surface area contributed by atoms with E-state index in [-0.39, 0.29) is 0 Å². The van der Waals surface area contributed by atoms with E-state index >= 15 is 0 Å². The predicted octanol–water partition coefficient (Wildman–Crippen LogP) is 10.2. The molecule has 0 saturated heterocycles. The van der Waals surface area contributed by atoms with E-state index in [2.05, 4.69) is 120 Å². The molecule has 0 bridgehead atoms. The molecule has 0 radical (unpaired) electrons. The third-order valence-corrected chi connectivity index (χ3v) is 8.01. The number of aromatic nitrogens is 1. The molecule has 0 aliphatic rings. The van der Waals surface area contributed by atoms with Crippen molar-refractivity contribution in [2.24, 2.45) is 0 Å². The van der Waals surface area contributed by atoms with E-state index in [1.54, 1.807) is 0 Å². The van der Waals surface area contributed by atoms with Crippen molar-refractivity contribution in [1.82, 2.24) is 4.57 Å². The van der Waals surface area contributed by atoms with Crippen LogP contribution >= 0.6 is 0 Å². The zero-order valence-corrected chi connectivity index (χ0v) is 20.9. The normalized spacial score (nSPS) is 12.1. The maximum atomic E-state index is 6.39. The van der Waals surface area contributed by atoms with E-state index in [0.717, 1.165) is 60.7 Å². The molecule has 9 aromatic rings. The smallest absolute Gasteiger partial charge is 0.143 e. The Morgan fingerprint density at radius 1 is 0.410 bits per heavy atom. The van der Waals surface area contributed by atoms with Crippen LogP contribution in [0.2, 0.25) is 0 Å². The van der Waals surface area contributed by atoms with Crippen LogP contribution in [0, 0.1) is 0 Å². The number of benzene rings is 6. The summed E-state index contributed by atoms with van der Waals surface area (Å²) in [4.78, 5) is 0. The van der Waals surface area contributed by atoms with Gasteiger partial charge in [0.2, 0.25) is 0 Å². The molecule has 0 aliphatic carbocycles. The number of hydrogen-bond donors (Lipinski definition) is 0. The van der Waals surface area contributed by atoms with Crippen LogP contribution in [-0.2, 0) is 0 Å². The Kier molecular flexibility index (Phi) is 4.05. The molecule has 0 N–H and O–H groups in total. The van der Waals surface area contributed by atoms with Gasteiger partial charge < -0.3 is 13.4 Å². The average Bonchev–Trinajstić information content (AvgIpc) is 3.66. The van der Waals surface area contributed by atoms with E-state index < -0.39 is 0 Å². The second kappa shape index (κ2) is 7.62. The Morgan fingerprint density at radius 2 is 1.08 bits per heavy atom. The van der Waals surface area contributed by atoms with Gasteiger partial charge in [0.15, 0.2) is 0 Å². The maximum Gasteiger partial charge on any atom is 0.143 e. The number of para-hydroxylation sites is 4. The van der Waals surface area contributed by atoms with Crippen LogP contribution in [0.3, 0.4) is 0 Å². The molecule has 0 spiro atoms. The summed E-state index contributed by atoms with van der Waals surface area (Å²) in [5.41, 5.74) is 9.23. The highest BCUT2D eigenvalue weighted by atomic mass is 16.3. The Bertz CT molecular complexity index is 2350. The summed E-state index contributed by atoms with van der Waals surface area (Å²) in [6.45, 7) is 0. The molecule has 6 aromatic carbocycles. The van der Waals surface area contributed by atoms with Crippen molar-refractivity contribution in [2.75, 3.05) is 0 Å². The largest absolute Gasteiger partial charge is 0.456 e. The summed E-state index contributed by atoms with van der Waals surface area (Å²) in [6, 6.07) is 44.7. The Labute approximate surface area is 223 Å². The van der Waals surface area contributed by atoms with Gasteiger partial charge in [-0.15, -0.1) is 0 Å². The average molecular weight is 500 g/mol. The lowest BCUT2D eigenvalue weighted by Gasteiger charge is -2.08. The van der Waals surface area contributed by atoms with Gasteiger partial charge in [-0.25, -0.2) is 0 Å². The van der Waals surface area contributed by atoms with E-state index in [1.807, 2.05) is 12.1 Å². The summed E-state index contributed by atoms with van der Waals surface area (Å²) in [5, 5.41) is 7.00. The van der Waals surface area contributed by atoms with Crippen LogP contribution in [0.4, 0.5) is 0 Å². The fourth-order valence-electron chi connectivity index (χ4n) is 6.25. The molecule has 0 unspecified atom stereocenters. The Morgan fingerprint density at radius 3 is 1.90 bits per heavy atom. The van der Waals surface area contributed by atoms with Crippen LogP contribution in [0.5, 0.6) is 0 Å². The summed E-state index contributed by atoms with van der Waals surface area (Å²) in [5.74, 6) is 0. The molecule has 3 aromatic heterocycles. The number of hydrogen-bond acceptors (Lipinski definition) is 2. The number of rotatable bonds is 2. The van der Waals surface area contributed by atoms with Gasteiger partial charge in [0, 0.05) is 43.6 Å². The van der Waals surface area contributed by atoms with Gasteiger partial charge in [0.25, 0.3) is 0 Å². The summed E-state index contributed by atoms with van der Waals surface area (Å²) >= 11 is 0. The molecule has 39 heavy (non-hydrogen) atoms. The van der Waals surface area contributed by atoms with Crippen LogP contribution in [-0.4, -0.2) is 4.57 Å². The van der Waals surface area contributed by atoms with Crippen molar-refractivity contribution in [3.8, 4) is 16.8 Å². The first-order chi connectivity index (χ1) is 19.3. The summed E-state index contributed by atoms with van der Waals surface area (Å²) in [6.07, 6.45) is 0. The minimum absolute atomic E-state index is 0.870. The first-order valence-electron chi connectivity index (χ1n) is 13.2. The minimum atomic E-state index is 0.870. The van der Waals surface area contributed by atoms with Crippen molar-refractivity contribution in [3.63, 3.8) is 0 Å². The maximum absolute atomic E-state index is 6.39. The second-order valence-electron chi connectivity index (χ2n) is 10.1. The highest BCUT2D eigenvalue weighted by Crippen LogP contribution is 2.39. The molecule has 0 saturated carbocycles. The molecule has 182 valence electrons. The third kappa shape index (κ3) is 2.87. The lowest BCUT2D eigenvalue weighted by atomic mass is 10.0. The molecule has 3 heterocycles. The number of fused-ring (bicyclic) bond motifs is 9. The minimum Gasteiger partial charge on any atom is -0.456 e. The van der Waals surface area contributed by atoms with Crippen molar-refractivity contribution in [1.29, 1.82) is 0 Å². The first kappa shape index (κ1) is 20.7. The van der Waals surface area contributed by atoms with Crippen molar-refractivity contribution >= 4 is 65.7 Å². The molecule has 0 fully saturated rings. The fraction of sp³-hybridized carbons (Fsp3) is 0. The summed E-state index contributed by atoms with van der Waals surface area (Å²) < 4.78 is 15.0. The zero-order valence-electron chi connectivity index (χ0n) is 20.9. The second-order valence-corrected chi connectivity index (χ2v) is 10.1. The van der Waals surface area contributed by atoms with Gasteiger partial charge in [0.1, 0.15) is 22.3 Å². The predicted molar refractivity (Wildman–Crippen MR) is 161 cm³/mol. The van der Waals surface area contributed by atoms with Crippen LogP contribution in [0.1, 0.15) is 0 Å². The first-order valence-corrected chi connectivity index (χ1v) is 13.2. The topological polar surface area (TPSA) is 31.2 Å². The van der Waals surface area contributed by atoms with Gasteiger partial charge in [-0.05, 0) is 54.1 Å². The van der Waals surface area contributed by atoms with Gasteiger partial charge >= 0.3 is 0 Å². The lowest BCUT2D eigenvalue weighted by molar-refractivity contribution is 0.668. The van der Waals surface area contributed by atoms with Crippen molar-refractivity contribution in [3.05, 3.63) is 127 Å². The molecule has 9 rings (SSSR count). The number of furan rings is 2. The Hall–Kier alpha value is -5.28. The Balaban J connectivity index is 1.25. The van der Waals surface area contributed by atoms with E-state index in [0.29, 0.717) is 0 Å². The van der Waals surface area contributed by atoms with E-state index in [9.17, 15) is 0 Å². The van der Waals surface area contributed by atoms with Gasteiger partial charge in [0.05, 0.1) is 11.0 Å². The monoisotopic (exact) mass is 499 g/mol. The van der Waals surface area contributed by atoms with Crippen molar-refractivity contribution < 1.29 is 8.83 Å². The van der Waals surface area contributed by atoms with Crippen LogP contribution in [0.15, 0.2) is 136 Å². The highest BCUT2D eigenvalue weighted by molar-refractivity contribution is 6.12. The van der Waals surface area contributed by atoms with Gasteiger partial charge in [-0.3, -0.25) is 0 Å². The van der Waals surface area contributed by atoms with E-state index in [1.165, 1.54) is 21.8 Å². The standard InChI is InChI=1S/C36H21NO2/c1-4-13-31-25(8-1)26-9-2-5-14-32(26)37(31)23-17-19-34-30(21-23)28-18-16-22(20-35(28)38-34)24-11-7-12-29-27-10-3-6-15-33(27)39-36(24)29/h1-21H. The molecule has 0 atom stereocenters. The third-order valence-electron chi connectivity index (χ3n) is 8.01. The number of nitrogens with zero attached hydrogens (tertiary/aromatic N) is 1. The molecule has 0 amide bonds. The van der Waals surface area contributed by atoms with Crippen molar-refractivity contribution in [2.45, 2.75) is 0 Å². The SMILES string of the molecule is c1ccc2c(c1)oc1c(-c3ccc4c(c3)oc3ccc(-n5c6ccccc6c6ccccc65)cc34)cccc12. The quantitative estimate of drug-likeness (QED) is 0.237. The highest BCUT2D eigenvalue weighted by Gasteiger charge is 2.16. The molecular formula is C36H21NO2. The lowest BCUT2D eigenvalue weighted by Crippen LogP contribution is -1.93. The zero-order chi connectivity index (χ0) is 25.5. The van der Waals surface area contributed by atoms with Crippen LogP contribution in [0.25, 0.3) is 82.5 Å². The molecular weight excluding hydrogens is 478 g/mol. The summed E-state index contributed by atoms with van der Waals surface area (Å²) in [7, 11) is 0. The van der Waals surface area contributed by atoms with E-state index in [4.69, 9.17) is 8.83 Å². The molecule has 3 nitrogen and oxygen atoms in total. The van der Waals surface area contributed by atoms with Gasteiger partial charge in [-0.2, -0.15) is 0 Å². The molecule has 0 aliphatic heterocycles. The van der Waals surface area contributed by atoms with Gasteiger partial charge in [-0.1, -0.05) is 78.9 Å². The molecule has 3 heteroatoms.